The number of rotatable bonds is 7. The van der Waals surface area contributed by atoms with E-state index in [0.717, 1.165) is 12.1 Å². The van der Waals surface area contributed by atoms with Crippen LogP contribution in [-0.4, -0.2) is 28.8 Å². The fourth-order valence-electron chi connectivity index (χ4n) is 2.32. The second kappa shape index (κ2) is 8.48. The highest BCUT2D eigenvalue weighted by atomic mass is 79.9. The van der Waals surface area contributed by atoms with Gasteiger partial charge in [-0.05, 0) is 40.0 Å². The molecule has 0 spiro atoms. The molecule has 0 aliphatic rings. The first kappa shape index (κ1) is 17.2. The Balaban J connectivity index is 1.48. The highest BCUT2D eigenvalue weighted by Crippen LogP contribution is 2.24. The van der Waals surface area contributed by atoms with E-state index >= 15 is 0 Å². The van der Waals surface area contributed by atoms with Gasteiger partial charge in [-0.2, -0.15) is 0 Å². The van der Waals surface area contributed by atoms with Crippen LogP contribution in [0.15, 0.2) is 71.3 Å². The van der Waals surface area contributed by atoms with E-state index < -0.39 is 0 Å². The van der Waals surface area contributed by atoms with Gasteiger partial charge >= 0.3 is 0 Å². The van der Waals surface area contributed by atoms with E-state index in [1.807, 2.05) is 60.7 Å². The minimum atomic E-state index is -0.169. The van der Waals surface area contributed by atoms with Crippen molar-refractivity contribution < 1.29 is 9.53 Å². The van der Waals surface area contributed by atoms with E-state index in [1.165, 1.54) is 5.56 Å². The maximum Gasteiger partial charge on any atom is 0.258 e. The normalized spacial score (nSPS) is 10.4. The zero-order valence-electron chi connectivity index (χ0n) is 13.6. The Morgan fingerprint density at radius 3 is 2.48 bits per heavy atom. The van der Waals surface area contributed by atoms with Crippen LogP contribution in [0.2, 0.25) is 0 Å². The van der Waals surface area contributed by atoms with Gasteiger partial charge in [-0.25, -0.2) is 4.68 Å². The summed E-state index contributed by atoms with van der Waals surface area (Å²) in [5, 5.41) is 7.19. The summed E-state index contributed by atoms with van der Waals surface area (Å²) in [5.74, 6) is 0.221. The number of para-hydroxylation sites is 1. The van der Waals surface area contributed by atoms with Gasteiger partial charge in [0.15, 0.2) is 6.61 Å². The number of carbonyl (C=O) groups excluding carboxylic acids is 1. The molecule has 0 aliphatic heterocycles. The van der Waals surface area contributed by atoms with E-state index in [0.29, 0.717) is 16.9 Å². The first-order valence-corrected chi connectivity index (χ1v) is 8.76. The van der Waals surface area contributed by atoms with Crippen molar-refractivity contribution in [3.05, 3.63) is 76.9 Å². The number of nitrogens with one attached hydrogen (secondary N) is 1. The number of carbonyl (C=O) groups is 1. The van der Waals surface area contributed by atoms with Crippen LogP contribution < -0.4 is 10.1 Å². The number of halogens is 1. The number of hydrogen-bond acceptors (Lipinski definition) is 3. The van der Waals surface area contributed by atoms with E-state index in [1.54, 1.807) is 10.9 Å². The molecule has 0 bridgehead atoms. The van der Waals surface area contributed by atoms with Crippen LogP contribution in [0.1, 0.15) is 5.56 Å². The third-order valence-electron chi connectivity index (χ3n) is 3.58. The van der Waals surface area contributed by atoms with Gasteiger partial charge in [0.2, 0.25) is 5.88 Å². The first-order chi connectivity index (χ1) is 12.2. The van der Waals surface area contributed by atoms with Crippen LogP contribution >= 0.6 is 15.9 Å². The molecular weight excluding hydrogens is 382 g/mol. The number of benzene rings is 2. The lowest BCUT2D eigenvalue weighted by Gasteiger charge is -2.06. The lowest BCUT2D eigenvalue weighted by Crippen LogP contribution is -2.30. The van der Waals surface area contributed by atoms with Crippen molar-refractivity contribution in [2.45, 2.75) is 6.42 Å². The Kier molecular flexibility index (Phi) is 5.85. The first-order valence-electron chi connectivity index (χ1n) is 7.96. The summed E-state index contributed by atoms with van der Waals surface area (Å²) in [4.78, 5) is 11.9. The number of amides is 1. The molecule has 25 heavy (non-hydrogen) atoms. The molecule has 2 aromatic carbocycles. The largest absolute Gasteiger partial charge is 0.466 e. The maximum absolute atomic E-state index is 11.9. The molecular formula is C19H18BrN3O2. The third kappa shape index (κ3) is 4.93. The van der Waals surface area contributed by atoms with Crippen LogP contribution in [-0.2, 0) is 11.2 Å². The second-order valence-corrected chi connectivity index (χ2v) is 6.29. The highest BCUT2D eigenvalue weighted by molar-refractivity contribution is 9.10. The molecule has 0 radical (unpaired) electrons. The number of nitrogens with zero attached hydrogens (tertiary/aromatic N) is 2. The molecule has 0 atom stereocenters. The van der Waals surface area contributed by atoms with Gasteiger partial charge in [0, 0.05) is 12.7 Å². The molecule has 1 aromatic heterocycles. The summed E-state index contributed by atoms with van der Waals surface area (Å²) in [5.41, 5.74) is 2.11. The van der Waals surface area contributed by atoms with Crippen LogP contribution in [0.25, 0.3) is 5.69 Å². The number of ether oxygens (including phenoxy) is 1. The highest BCUT2D eigenvalue weighted by Gasteiger charge is 2.11. The Morgan fingerprint density at radius 2 is 1.76 bits per heavy atom. The Bertz CT molecular complexity index is 819. The van der Waals surface area contributed by atoms with Gasteiger partial charge in [-0.1, -0.05) is 48.5 Å². The lowest BCUT2D eigenvalue weighted by molar-refractivity contribution is -0.123. The summed E-state index contributed by atoms with van der Waals surface area (Å²) >= 11 is 3.41. The molecule has 128 valence electrons. The minimum Gasteiger partial charge on any atom is -0.466 e. The summed E-state index contributed by atoms with van der Waals surface area (Å²) in [6, 6.07) is 19.7. The van der Waals surface area contributed by atoms with Crippen molar-refractivity contribution in [1.82, 2.24) is 15.1 Å². The van der Waals surface area contributed by atoms with Crippen molar-refractivity contribution in [2.24, 2.45) is 0 Å². The van der Waals surface area contributed by atoms with Crippen LogP contribution in [0.5, 0.6) is 5.88 Å². The quantitative estimate of drug-likeness (QED) is 0.662. The standard InChI is InChI=1S/C19H18BrN3O2/c20-17-13-23(16-9-5-2-6-10-16)22-19(17)25-14-18(24)21-12-11-15-7-3-1-4-8-15/h1-10,13H,11-12,14H2,(H,21,24). The molecule has 0 aliphatic carbocycles. The fourth-order valence-corrected chi connectivity index (χ4v) is 2.71. The monoisotopic (exact) mass is 399 g/mol. The Morgan fingerprint density at radius 1 is 1.08 bits per heavy atom. The maximum atomic E-state index is 11.9. The van der Waals surface area contributed by atoms with Gasteiger partial charge in [0.1, 0.15) is 0 Å². The topological polar surface area (TPSA) is 56.1 Å². The number of aromatic nitrogens is 2. The van der Waals surface area contributed by atoms with Gasteiger partial charge < -0.3 is 10.1 Å². The molecule has 5 nitrogen and oxygen atoms in total. The van der Waals surface area contributed by atoms with Crippen molar-refractivity contribution in [3.8, 4) is 11.6 Å². The van der Waals surface area contributed by atoms with Crippen LogP contribution in [0.3, 0.4) is 0 Å². The molecule has 1 N–H and O–H groups in total. The van der Waals surface area contributed by atoms with E-state index in [-0.39, 0.29) is 12.5 Å². The summed E-state index contributed by atoms with van der Waals surface area (Å²) < 4.78 is 7.92. The molecule has 1 amide bonds. The molecule has 0 unspecified atom stereocenters. The molecule has 1 heterocycles. The second-order valence-electron chi connectivity index (χ2n) is 5.44. The minimum absolute atomic E-state index is 0.0702. The van der Waals surface area contributed by atoms with Gasteiger partial charge in [-0.15, -0.1) is 5.10 Å². The molecule has 0 saturated heterocycles. The summed E-state index contributed by atoms with van der Waals surface area (Å²) in [7, 11) is 0. The van der Waals surface area contributed by atoms with Crippen LogP contribution in [0, 0.1) is 0 Å². The van der Waals surface area contributed by atoms with Crippen molar-refractivity contribution in [1.29, 1.82) is 0 Å². The van der Waals surface area contributed by atoms with Crippen LogP contribution in [0.4, 0.5) is 0 Å². The predicted molar refractivity (Wildman–Crippen MR) is 99.9 cm³/mol. The van der Waals surface area contributed by atoms with Gasteiger partial charge in [0.25, 0.3) is 5.91 Å². The van der Waals surface area contributed by atoms with E-state index in [2.05, 4.69) is 26.3 Å². The molecule has 0 fully saturated rings. The van der Waals surface area contributed by atoms with E-state index in [4.69, 9.17) is 4.74 Å². The Labute approximate surface area is 154 Å². The van der Waals surface area contributed by atoms with Crippen molar-refractivity contribution >= 4 is 21.8 Å². The molecule has 0 saturated carbocycles. The SMILES string of the molecule is O=C(COc1nn(-c2ccccc2)cc1Br)NCCc1ccccc1. The average Bonchev–Trinajstić information content (AvgIpc) is 3.02. The van der Waals surface area contributed by atoms with Gasteiger partial charge in [-0.3, -0.25) is 4.79 Å². The average molecular weight is 400 g/mol. The molecule has 6 heteroatoms. The smallest absolute Gasteiger partial charge is 0.258 e. The third-order valence-corrected chi connectivity index (χ3v) is 4.12. The fraction of sp³-hybridized carbons (Fsp3) is 0.158. The summed E-state index contributed by atoms with van der Waals surface area (Å²) in [6.07, 6.45) is 2.59. The van der Waals surface area contributed by atoms with E-state index in [9.17, 15) is 4.79 Å². The number of hydrogen-bond donors (Lipinski definition) is 1. The molecule has 3 rings (SSSR count). The van der Waals surface area contributed by atoms with Gasteiger partial charge in [0.05, 0.1) is 10.2 Å². The summed E-state index contributed by atoms with van der Waals surface area (Å²) in [6.45, 7) is 0.505. The predicted octanol–water partition coefficient (Wildman–Crippen LogP) is 3.37. The molecule has 3 aromatic rings. The lowest BCUT2D eigenvalue weighted by atomic mass is 10.1. The van der Waals surface area contributed by atoms with Crippen molar-refractivity contribution in [3.63, 3.8) is 0 Å². The van der Waals surface area contributed by atoms with Crippen molar-refractivity contribution in [2.75, 3.05) is 13.2 Å². The zero-order valence-corrected chi connectivity index (χ0v) is 15.1. The Hall–Kier alpha value is -2.60. The zero-order chi connectivity index (χ0) is 17.5.